The zero-order valence-electron chi connectivity index (χ0n) is 11.7. The molecule has 3 rings (SSSR count). The van der Waals surface area contributed by atoms with Crippen LogP contribution >= 0.6 is 34.9 Å². The molecule has 1 saturated heterocycles. The van der Waals surface area contributed by atoms with E-state index in [4.69, 9.17) is 0 Å². The molecular weight excluding hydrogens is 322 g/mol. The lowest BCUT2D eigenvalue weighted by Crippen LogP contribution is -2.39. The third kappa shape index (κ3) is 3.91. The Kier molecular flexibility index (Phi) is 5.05. The van der Waals surface area contributed by atoms with E-state index in [9.17, 15) is 4.79 Å². The van der Waals surface area contributed by atoms with Gasteiger partial charge < -0.3 is 10.6 Å². The molecule has 21 heavy (non-hydrogen) atoms. The van der Waals surface area contributed by atoms with Crippen LogP contribution in [-0.4, -0.2) is 41.2 Å². The molecule has 1 fully saturated rings. The number of nitrogens with zero attached hydrogens (tertiary/aromatic N) is 1. The van der Waals surface area contributed by atoms with Crippen LogP contribution in [0.2, 0.25) is 0 Å². The van der Waals surface area contributed by atoms with Crippen LogP contribution in [0.25, 0.3) is 10.2 Å². The Morgan fingerprint density at radius 1 is 1.57 bits per heavy atom. The van der Waals surface area contributed by atoms with Crippen molar-refractivity contribution in [3.63, 3.8) is 0 Å². The van der Waals surface area contributed by atoms with Gasteiger partial charge in [-0.25, -0.2) is 4.98 Å². The summed E-state index contributed by atoms with van der Waals surface area (Å²) in [7, 11) is 0. The highest BCUT2D eigenvalue weighted by atomic mass is 32.2. The van der Waals surface area contributed by atoms with Crippen molar-refractivity contribution in [3.05, 3.63) is 18.2 Å². The number of amides is 1. The first-order valence-electron chi connectivity index (χ1n) is 6.80. The highest BCUT2D eigenvalue weighted by Crippen LogP contribution is 2.30. The topological polar surface area (TPSA) is 54.0 Å². The predicted molar refractivity (Wildman–Crippen MR) is 93.8 cm³/mol. The molecule has 0 aliphatic carbocycles. The van der Waals surface area contributed by atoms with E-state index < -0.39 is 0 Å². The van der Waals surface area contributed by atoms with Crippen LogP contribution in [0, 0.1) is 0 Å². The second-order valence-electron chi connectivity index (χ2n) is 4.84. The zero-order chi connectivity index (χ0) is 14.7. The van der Waals surface area contributed by atoms with E-state index in [0.29, 0.717) is 12.5 Å². The summed E-state index contributed by atoms with van der Waals surface area (Å²) in [6, 6.07) is 6.19. The van der Waals surface area contributed by atoms with Crippen LogP contribution in [0.1, 0.15) is 6.42 Å². The number of nitrogens with one attached hydrogen (secondary N) is 2. The van der Waals surface area contributed by atoms with Crippen LogP contribution < -0.4 is 10.6 Å². The molecule has 0 bridgehead atoms. The van der Waals surface area contributed by atoms with Gasteiger partial charge >= 0.3 is 0 Å². The molecule has 112 valence electrons. The maximum absolute atomic E-state index is 12.1. The summed E-state index contributed by atoms with van der Waals surface area (Å²) >= 11 is 5.21. The first-order valence-corrected chi connectivity index (χ1v) is 10.00. The Balaban J connectivity index is 1.64. The molecule has 1 unspecified atom stereocenters. The van der Waals surface area contributed by atoms with Gasteiger partial charge in [0.25, 0.3) is 0 Å². The van der Waals surface area contributed by atoms with Gasteiger partial charge in [0.1, 0.15) is 0 Å². The van der Waals surface area contributed by atoms with Crippen molar-refractivity contribution in [2.45, 2.75) is 16.8 Å². The highest BCUT2D eigenvalue weighted by molar-refractivity contribution is 8.00. The molecule has 4 nitrogen and oxygen atoms in total. The molecular formula is C14H17N3OS3. The molecule has 7 heteroatoms. The lowest BCUT2D eigenvalue weighted by molar-refractivity contribution is -0.116. The van der Waals surface area contributed by atoms with Gasteiger partial charge in [-0.05, 0) is 24.5 Å². The fraction of sp³-hybridized carbons (Fsp3) is 0.429. The summed E-state index contributed by atoms with van der Waals surface area (Å²) in [5.41, 5.74) is 1.85. The predicted octanol–water partition coefficient (Wildman–Crippen LogP) is 3.05. The van der Waals surface area contributed by atoms with Crippen LogP contribution in [0.5, 0.6) is 0 Å². The summed E-state index contributed by atoms with van der Waals surface area (Å²) < 4.78 is 2.17. The molecule has 1 aromatic heterocycles. The van der Waals surface area contributed by atoms with E-state index in [2.05, 4.69) is 15.6 Å². The summed E-state index contributed by atoms with van der Waals surface area (Å²) in [6.45, 7) is 0.993. The number of benzene rings is 1. The number of thiazole rings is 1. The average Bonchev–Trinajstić information content (AvgIpc) is 2.90. The number of hydrogen-bond acceptors (Lipinski definition) is 6. The fourth-order valence-electron chi connectivity index (χ4n) is 2.26. The largest absolute Gasteiger partial charge is 0.326 e. The third-order valence-electron chi connectivity index (χ3n) is 3.26. The van der Waals surface area contributed by atoms with Crippen molar-refractivity contribution in [3.8, 4) is 0 Å². The van der Waals surface area contributed by atoms with Crippen molar-refractivity contribution in [1.29, 1.82) is 0 Å². The number of hydrogen-bond donors (Lipinski definition) is 2. The number of carbonyl (C=O) groups is 1. The lowest BCUT2D eigenvalue weighted by atomic mass is 10.2. The van der Waals surface area contributed by atoms with Crippen LogP contribution in [0.4, 0.5) is 5.69 Å². The standard InChI is InChI=1S/C14H17N3OS3/c1-19-14-17-11-3-2-9(6-12(11)21-14)16-13(18)7-10-8-20-5-4-15-10/h2-3,6,10,15H,4-5,7-8H2,1H3,(H,16,18). The van der Waals surface area contributed by atoms with E-state index >= 15 is 0 Å². The molecule has 1 aliphatic heterocycles. The molecule has 2 aromatic rings. The second kappa shape index (κ2) is 7.00. The van der Waals surface area contributed by atoms with Crippen molar-refractivity contribution >= 4 is 56.7 Å². The molecule has 0 saturated carbocycles. The van der Waals surface area contributed by atoms with Crippen LogP contribution in [0.3, 0.4) is 0 Å². The number of rotatable bonds is 4. The Labute approximate surface area is 136 Å². The molecule has 1 amide bonds. The maximum Gasteiger partial charge on any atom is 0.225 e. The van der Waals surface area contributed by atoms with Gasteiger partial charge in [0, 0.05) is 36.2 Å². The number of carbonyl (C=O) groups excluding carboxylic acids is 1. The number of fused-ring (bicyclic) bond motifs is 1. The SMILES string of the molecule is CSc1nc2ccc(NC(=O)CC3CSCCN3)cc2s1. The normalized spacial score (nSPS) is 18.8. The first kappa shape index (κ1) is 15.1. The van der Waals surface area contributed by atoms with Crippen molar-refractivity contribution in [1.82, 2.24) is 10.3 Å². The Morgan fingerprint density at radius 3 is 3.24 bits per heavy atom. The fourth-order valence-corrected chi connectivity index (χ4v) is 4.73. The summed E-state index contributed by atoms with van der Waals surface area (Å²) in [6.07, 6.45) is 2.55. The third-order valence-corrected chi connectivity index (χ3v) is 6.39. The van der Waals surface area contributed by atoms with Gasteiger partial charge in [0.15, 0.2) is 4.34 Å². The maximum atomic E-state index is 12.1. The van der Waals surface area contributed by atoms with E-state index in [1.54, 1.807) is 23.1 Å². The van der Waals surface area contributed by atoms with Gasteiger partial charge in [-0.1, -0.05) is 11.8 Å². The van der Waals surface area contributed by atoms with Crippen LogP contribution in [0.15, 0.2) is 22.5 Å². The molecule has 2 N–H and O–H groups in total. The quantitative estimate of drug-likeness (QED) is 0.839. The Morgan fingerprint density at radius 2 is 2.48 bits per heavy atom. The summed E-state index contributed by atoms with van der Waals surface area (Å²) in [5.74, 6) is 2.22. The van der Waals surface area contributed by atoms with Crippen molar-refractivity contribution in [2.75, 3.05) is 29.6 Å². The number of aromatic nitrogens is 1. The van der Waals surface area contributed by atoms with Gasteiger partial charge in [0.2, 0.25) is 5.91 Å². The van der Waals surface area contributed by atoms with E-state index in [0.717, 1.165) is 38.3 Å². The molecule has 2 heterocycles. The van der Waals surface area contributed by atoms with Gasteiger partial charge in [0.05, 0.1) is 10.2 Å². The smallest absolute Gasteiger partial charge is 0.225 e. The second-order valence-corrected chi connectivity index (χ2v) is 8.08. The average molecular weight is 340 g/mol. The minimum absolute atomic E-state index is 0.0731. The van der Waals surface area contributed by atoms with Crippen LogP contribution in [-0.2, 0) is 4.79 Å². The Bertz CT molecular complexity index is 637. The zero-order valence-corrected chi connectivity index (χ0v) is 14.2. The summed E-state index contributed by atoms with van der Waals surface area (Å²) in [5, 5.41) is 6.38. The van der Waals surface area contributed by atoms with E-state index in [-0.39, 0.29) is 5.91 Å². The van der Waals surface area contributed by atoms with Gasteiger partial charge in [-0.2, -0.15) is 11.8 Å². The minimum atomic E-state index is 0.0731. The molecule has 1 aromatic carbocycles. The van der Waals surface area contributed by atoms with Gasteiger partial charge in [-0.15, -0.1) is 11.3 Å². The van der Waals surface area contributed by atoms with Gasteiger partial charge in [-0.3, -0.25) is 4.79 Å². The molecule has 0 radical (unpaired) electrons. The van der Waals surface area contributed by atoms with E-state index in [1.165, 1.54) is 0 Å². The van der Waals surface area contributed by atoms with Crippen molar-refractivity contribution in [2.24, 2.45) is 0 Å². The monoisotopic (exact) mass is 339 g/mol. The lowest BCUT2D eigenvalue weighted by Gasteiger charge is -2.22. The molecule has 1 atom stereocenters. The van der Waals surface area contributed by atoms with E-state index in [1.807, 2.05) is 36.2 Å². The minimum Gasteiger partial charge on any atom is -0.326 e. The highest BCUT2D eigenvalue weighted by Gasteiger charge is 2.16. The summed E-state index contributed by atoms with van der Waals surface area (Å²) in [4.78, 5) is 16.6. The first-order chi connectivity index (χ1) is 10.2. The Hall–Kier alpha value is -0.760. The number of anilines is 1. The number of thioether (sulfide) groups is 2. The molecule has 0 spiro atoms. The van der Waals surface area contributed by atoms with Crippen molar-refractivity contribution < 1.29 is 4.79 Å². The molecule has 1 aliphatic rings.